The number of rotatable bonds is 4. The minimum absolute atomic E-state index is 0.0800. The Hall–Kier alpha value is -2.19. The van der Waals surface area contributed by atoms with E-state index in [0.717, 1.165) is 0 Å². The number of terminal acetylenes is 1. The Morgan fingerprint density at radius 2 is 2.00 bits per heavy atom. The van der Waals surface area contributed by atoms with Gasteiger partial charge in [0.05, 0.1) is 0 Å². The summed E-state index contributed by atoms with van der Waals surface area (Å²) in [6.45, 7) is 0. The van der Waals surface area contributed by atoms with Crippen molar-refractivity contribution >= 4 is 29.3 Å². The molecule has 2 amide bonds. The number of nitrogens with one attached hydrogen (secondary N) is 2. The molecule has 1 aromatic carbocycles. The van der Waals surface area contributed by atoms with Gasteiger partial charge in [0.25, 0.3) is 0 Å². The first-order valence-corrected chi connectivity index (χ1v) is 5.40. The molecule has 1 unspecified atom stereocenters. The summed E-state index contributed by atoms with van der Waals surface area (Å²) in [6.07, 6.45) is 4.93. The number of amides is 2. The Kier molecular flexibility index (Phi) is 5.03. The molecule has 0 bridgehead atoms. The maximum absolute atomic E-state index is 11.5. The number of urea groups is 1. The molecule has 0 fully saturated rings. The second kappa shape index (κ2) is 6.52. The van der Waals surface area contributed by atoms with Crippen LogP contribution in [0, 0.1) is 12.3 Å². The summed E-state index contributed by atoms with van der Waals surface area (Å²) < 4.78 is 0. The van der Waals surface area contributed by atoms with E-state index in [9.17, 15) is 9.59 Å². The van der Waals surface area contributed by atoms with Crippen molar-refractivity contribution in [2.24, 2.45) is 0 Å². The normalized spacial score (nSPS) is 11.1. The van der Waals surface area contributed by atoms with Gasteiger partial charge in [-0.3, -0.25) is 0 Å². The van der Waals surface area contributed by atoms with Crippen molar-refractivity contribution in [1.29, 1.82) is 0 Å². The average molecular weight is 267 g/mol. The van der Waals surface area contributed by atoms with Crippen molar-refractivity contribution in [3.05, 3.63) is 29.3 Å². The zero-order valence-corrected chi connectivity index (χ0v) is 10.1. The van der Waals surface area contributed by atoms with E-state index in [1.807, 2.05) is 0 Å². The van der Waals surface area contributed by atoms with Crippen LogP contribution >= 0.6 is 11.6 Å². The van der Waals surface area contributed by atoms with Crippen molar-refractivity contribution in [3.63, 3.8) is 0 Å². The van der Waals surface area contributed by atoms with Crippen LogP contribution in [0.5, 0.6) is 0 Å². The third-order valence-electron chi connectivity index (χ3n) is 2.03. The fourth-order valence-electron chi connectivity index (χ4n) is 1.18. The van der Waals surface area contributed by atoms with Gasteiger partial charge < -0.3 is 15.7 Å². The van der Waals surface area contributed by atoms with Crippen LogP contribution < -0.4 is 10.6 Å². The molecule has 3 N–H and O–H groups in total. The molecular weight excluding hydrogens is 256 g/mol. The number of aliphatic carboxylic acids is 1. The predicted molar refractivity (Wildman–Crippen MR) is 68.5 cm³/mol. The SMILES string of the molecule is C#CCC(NC(=O)Nc1ccc(Cl)cc1)C(=O)O. The fourth-order valence-corrected chi connectivity index (χ4v) is 1.30. The summed E-state index contributed by atoms with van der Waals surface area (Å²) >= 11 is 5.69. The highest BCUT2D eigenvalue weighted by Gasteiger charge is 2.18. The Morgan fingerprint density at radius 1 is 1.39 bits per heavy atom. The molecule has 18 heavy (non-hydrogen) atoms. The second-order valence-corrected chi connectivity index (χ2v) is 3.84. The lowest BCUT2D eigenvalue weighted by Crippen LogP contribution is -2.42. The van der Waals surface area contributed by atoms with Crippen molar-refractivity contribution in [2.75, 3.05) is 5.32 Å². The molecule has 1 aromatic rings. The van der Waals surface area contributed by atoms with Gasteiger partial charge in [-0.15, -0.1) is 12.3 Å². The van der Waals surface area contributed by atoms with Crippen LogP contribution in [0.25, 0.3) is 0 Å². The topological polar surface area (TPSA) is 78.4 Å². The van der Waals surface area contributed by atoms with Crippen molar-refractivity contribution in [3.8, 4) is 12.3 Å². The smallest absolute Gasteiger partial charge is 0.327 e. The zero-order chi connectivity index (χ0) is 13.5. The summed E-state index contributed by atoms with van der Waals surface area (Å²) in [5.41, 5.74) is 0.502. The molecule has 94 valence electrons. The molecule has 0 aliphatic rings. The number of carboxylic acids is 1. The van der Waals surface area contributed by atoms with E-state index in [2.05, 4.69) is 16.6 Å². The third kappa shape index (κ3) is 4.36. The van der Waals surface area contributed by atoms with Crippen LogP contribution in [0.4, 0.5) is 10.5 Å². The van der Waals surface area contributed by atoms with Crippen LogP contribution in [-0.2, 0) is 4.79 Å². The van der Waals surface area contributed by atoms with Gasteiger partial charge in [0.15, 0.2) is 0 Å². The maximum Gasteiger partial charge on any atom is 0.327 e. The summed E-state index contributed by atoms with van der Waals surface area (Å²) in [4.78, 5) is 22.3. The Bertz CT molecular complexity index is 479. The van der Waals surface area contributed by atoms with E-state index in [1.165, 1.54) is 0 Å². The highest BCUT2D eigenvalue weighted by Crippen LogP contribution is 2.13. The molecule has 1 atom stereocenters. The lowest BCUT2D eigenvalue weighted by atomic mass is 10.2. The van der Waals surface area contributed by atoms with Gasteiger partial charge in [-0.1, -0.05) is 11.6 Å². The first kappa shape index (κ1) is 13.9. The highest BCUT2D eigenvalue weighted by molar-refractivity contribution is 6.30. The van der Waals surface area contributed by atoms with Crippen LogP contribution in [0.3, 0.4) is 0 Å². The van der Waals surface area contributed by atoms with E-state index >= 15 is 0 Å². The van der Waals surface area contributed by atoms with Crippen LogP contribution in [0.2, 0.25) is 5.02 Å². The second-order valence-electron chi connectivity index (χ2n) is 3.40. The van der Waals surface area contributed by atoms with Crippen LogP contribution in [-0.4, -0.2) is 23.1 Å². The lowest BCUT2D eigenvalue weighted by Gasteiger charge is -2.12. The molecule has 0 aliphatic carbocycles. The molecule has 5 nitrogen and oxygen atoms in total. The Labute approximate surface area is 109 Å². The molecular formula is C12H11ClN2O3. The van der Waals surface area contributed by atoms with E-state index in [4.69, 9.17) is 23.1 Å². The number of carboxylic acid groups (broad SMARTS) is 1. The number of hydrogen-bond acceptors (Lipinski definition) is 2. The molecule has 1 rings (SSSR count). The van der Waals surface area contributed by atoms with Gasteiger partial charge in [-0.05, 0) is 24.3 Å². The third-order valence-corrected chi connectivity index (χ3v) is 2.28. The number of carbonyl (C=O) groups excluding carboxylic acids is 1. The quantitative estimate of drug-likeness (QED) is 0.729. The van der Waals surface area contributed by atoms with E-state index in [1.54, 1.807) is 24.3 Å². The van der Waals surface area contributed by atoms with Gasteiger partial charge in [-0.2, -0.15) is 0 Å². The largest absolute Gasteiger partial charge is 0.480 e. The highest BCUT2D eigenvalue weighted by atomic mass is 35.5. The van der Waals surface area contributed by atoms with E-state index < -0.39 is 18.0 Å². The first-order valence-electron chi connectivity index (χ1n) is 5.02. The van der Waals surface area contributed by atoms with Gasteiger partial charge in [0.1, 0.15) is 6.04 Å². The predicted octanol–water partition coefficient (Wildman–Crippen LogP) is 1.94. The van der Waals surface area contributed by atoms with Crippen LogP contribution in [0.1, 0.15) is 6.42 Å². The van der Waals surface area contributed by atoms with E-state index in [0.29, 0.717) is 10.7 Å². The lowest BCUT2D eigenvalue weighted by molar-refractivity contribution is -0.139. The van der Waals surface area contributed by atoms with Gasteiger partial charge >= 0.3 is 12.0 Å². The minimum Gasteiger partial charge on any atom is -0.480 e. The summed E-state index contributed by atoms with van der Waals surface area (Å²) in [6, 6.07) is 4.65. The minimum atomic E-state index is -1.18. The average Bonchev–Trinajstić information content (AvgIpc) is 2.31. The molecule has 0 radical (unpaired) electrons. The Morgan fingerprint density at radius 3 is 2.50 bits per heavy atom. The number of hydrogen-bond donors (Lipinski definition) is 3. The maximum atomic E-state index is 11.5. The van der Waals surface area contributed by atoms with E-state index in [-0.39, 0.29) is 6.42 Å². The van der Waals surface area contributed by atoms with Gasteiger partial charge in [0.2, 0.25) is 0 Å². The molecule has 0 aromatic heterocycles. The standard InChI is InChI=1S/C12H11ClN2O3/c1-2-3-10(11(16)17)15-12(18)14-9-6-4-8(13)5-7-9/h1,4-7,10H,3H2,(H,16,17)(H2,14,15,18). The first-order chi connectivity index (χ1) is 8.52. The Balaban J connectivity index is 2.58. The zero-order valence-electron chi connectivity index (χ0n) is 9.31. The molecule has 0 saturated carbocycles. The fraction of sp³-hybridized carbons (Fsp3) is 0.167. The van der Waals surface area contributed by atoms with Crippen LogP contribution in [0.15, 0.2) is 24.3 Å². The van der Waals surface area contributed by atoms with Crippen molar-refractivity contribution in [1.82, 2.24) is 5.32 Å². The molecule has 6 heteroatoms. The molecule has 0 spiro atoms. The molecule has 0 heterocycles. The van der Waals surface area contributed by atoms with Gasteiger partial charge in [-0.25, -0.2) is 9.59 Å². The van der Waals surface area contributed by atoms with Gasteiger partial charge in [0, 0.05) is 17.1 Å². The number of halogens is 1. The molecule has 0 saturated heterocycles. The summed E-state index contributed by atoms with van der Waals surface area (Å²) in [5, 5.41) is 14.1. The molecule has 0 aliphatic heterocycles. The number of benzene rings is 1. The monoisotopic (exact) mass is 266 g/mol. The number of carbonyl (C=O) groups is 2. The number of anilines is 1. The summed E-state index contributed by atoms with van der Waals surface area (Å²) in [5.74, 6) is 1.00. The van der Waals surface area contributed by atoms with Crippen molar-refractivity contribution in [2.45, 2.75) is 12.5 Å². The van der Waals surface area contributed by atoms with Crippen molar-refractivity contribution < 1.29 is 14.7 Å². The summed E-state index contributed by atoms with van der Waals surface area (Å²) in [7, 11) is 0.